The number of nitrogens with zero attached hydrogens (tertiary/aromatic N) is 2. The fraction of sp³-hybridized carbons (Fsp3) is 0.714. The number of rotatable bonds is 3. The van der Waals surface area contributed by atoms with Crippen LogP contribution in [-0.4, -0.2) is 21.9 Å². The van der Waals surface area contributed by atoms with Crippen LogP contribution in [0.4, 0.5) is 19.0 Å². The maximum atomic E-state index is 13.0. The van der Waals surface area contributed by atoms with E-state index in [0.717, 1.165) is 36.4 Å². The summed E-state index contributed by atoms with van der Waals surface area (Å²) in [6.45, 7) is 0. The van der Waals surface area contributed by atoms with Crippen LogP contribution in [0.15, 0.2) is 10.9 Å². The zero-order chi connectivity index (χ0) is 15.9. The molecule has 8 heteroatoms. The van der Waals surface area contributed by atoms with Crippen LogP contribution >= 0.6 is 0 Å². The van der Waals surface area contributed by atoms with Crippen LogP contribution in [-0.2, 0) is 6.18 Å². The van der Waals surface area contributed by atoms with Crippen LogP contribution in [0.3, 0.4) is 0 Å². The second-order valence-corrected chi connectivity index (χ2v) is 6.18. The molecule has 0 atom stereocenters. The molecule has 0 aromatic carbocycles. The minimum atomic E-state index is -4.66. The average molecular weight is 316 g/mol. The van der Waals surface area contributed by atoms with Crippen molar-refractivity contribution < 1.29 is 13.2 Å². The normalized spacial score (nSPS) is 26.0. The summed E-state index contributed by atoms with van der Waals surface area (Å²) < 4.78 is 40.1. The van der Waals surface area contributed by atoms with Crippen LogP contribution in [0, 0.1) is 0 Å². The Morgan fingerprint density at radius 1 is 1.18 bits per heavy atom. The van der Waals surface area contributed by atoms with E-state index in [0.29, 0.717) is 12.8 Å². The van der Waals surface area contributed by atoms with E-state index in [2.05, 4.69) is 10.4 Å². The number of hydrogen-bond acceptors (Lipinski definition) is 4. The van der Waals surface area contributed by atoms with Gasteiger partial charge in [-0.05, 0) is 38.5 Å². The first-order valence-corrected chi connectivity index (χ1v) is 7.58. The average Bonchev–Trinajstić information content (AvgIpc) is 3.26. The smallest absolute Gasteiger partial charge is 0.366 e. The van der Waals surface area contributed by atoms with Crippen molar-refractivity contribution in [3.05, 3.63) is 22.0 Å². The summed E-state index contributed by atoms with van der Waals surface area (Å²) in [5, 5.41) is 7.12. The van der Waals surface area contributed by atoms with Crippen molar-refractivity contribution in [3.8, 4) is 0 Å². The van der Waals surface area contributed by atoms with Gasteiger partial charge in [-0.2, -0.15) is 18.3 Å². The van der Waals surface area contributed by atoms with E-state index in [9.17, 15) is 18.0 Å². The van der Waals surface area contributed by atoms with Crippen molar-refractivity contribution in [2.24, 2.45) is 5.73 Å². The SMILES string of the molecule is NC1CCC(Nc2cc(C(F)(F)F)c(=O)n(C3CC3)n2)CC1. The number of anilines is 1. The Bertz CT molecular complexity index is 601. The van der Waals surface area contributed by atoms with E-state index in [1.54, 1.807) is 0 Å². The van der Waals surface area contributed by atoms with Crippen LogP contribution in [0.2, 0.25) is 0 Å². The minimum absolute atomic E-state index is 0.0542. The van der Waals surface area contributed by atoms with Crippen LogP contribution in [0.5, 0.6) is 0 Å². The predicted molar refractivity (Wildman–Crippen MR) is 75.6 cm³/mol. The minimum Gasteiger partial charge on any atom is -0.366 e. The zero-order valence-electron chi connectivity index (χ0n) is 12.1. The van der Waals surface area contributed by atoms with Gasteiger partial charge in [0.25, 0.3) is 5.56 Å². The van der Waals surface area contributed by atoms with Gasteiger partial charge in [-0.25, -0.2) is 4.68 Å². The van der Waals surface area contributed by atoms with E-state index in [1.807, 2.05) is 0 Å². The Morgan fingerprint density at radius 3 is 2.36 bits per heavy atom. The molecule has 2 aliphatic carbocycles. The first-order chi connectivity index (χ1) is 10.3. The lowest BCUT2D eigenvalue weighted by atomic mass is 9.92. The topological polar surface area (TPSA) is 72.9 Å². The fourth-order valence-corrected chi connectivity index (χ4v) is 2.83. The Labute approximate surface area is 125 Å². The Hall–Kier alpha value is -1.57. The standard InChI is InChI=1S/C14H19F3N4O/c15-14(16,17)11-7-12(19-9-3-1-8(18)2-4-9)20-21(13(11)22)10-5-6-10/h7-10H,1-6,18H2,(H,19,20). The fourth-order valence-electron chi connectivity index (χ4n) is 2.83. The molecule has 0 unspecified atom stereocenters. The van der Waals surface area contributed by atoms with Crippen molar-refractivity contribution in [2.75, 3.05) is 5.32 Å². The number of alkyl halides is 3. The zero-order valence-corrected chi connectivity index (χ0v) is 12.1. The highest BCUT2D eigenvalue weighted by molar-refractivity contribution is 5.38. The molecule has 0 saturated heterocycles. The van der Waals surface area contributed by atoms with Crippen molar-refractivity contribution in [1.29, 1.82) is 0 Å². The second-order valence-electron chi connectivity index (χ2n) is 6.18. The largest absolute Gasteiger partial charge is 0.421 e. The van der Waals surface area contributed by atoms with Gasteiger partial charge in [0.1, 0.15) is 11.4 Å². The summed E-state index contributed by atoms with van der Waals surface area (Å²) in [7, 11) is 0. The molecule has 5 nitrogen and oxygen atoms in total. The van der Waals surface area contributed by atoms with Crippen molar-refractivity contribution in [1.82, 2.24) is 9.78 Å². The van der Waals surface area contributed by atoms with Gasteiger partial charge in [0, 0.05) is 18.2 Å². The molecule has 3 N–H and O–H groups in total. The maximum absolute atomic E-state index is 13.0. The molecular formula is C14H19F3N4O. The van der Waals surface area contributed by atoms with E-state index in [1.165, 1.54) is 0 Å². The van der Waals surface area contributed by atoms with E-state index < -0.39 is 17.3 Å². The van der Waals surface area contributed by atoms with Crippen molar-refractivity contribution in [2.45, 2.75) is 62.8 Å². The summed E-state index contributed by atoms with van der Waals surface area (Å²) >= 11 is 0. The van der Waals surface area contributed by atoms with E-state index in [4.69, 9.17) is 5.73 Å². The van der Waals surface area contributed by atoms with Gasteiger partial charge in [-0.3, -0.25) is 4.79 Å². The van der Waals surface area contributed by atoms with E-state index >= 15 is 0 Å². The third kappa shape index (κ3) is 3.26. The molecule has 2 fully saturated rings. The number of aromatic nitrogens is 2. The maximum Gasteiger partial charge on any atom is 0.421 e. The molecule has 22 heavy (non-hydrogen) atoms. The summed E-state index contributed by atoms with van der Waals surface area (Å²) in [6.07, 6.45) is 0.0114. The van der Waals surface area contributed by atoms with Crippen LogP contribution < -0.4 is 16.6 Å². The third-order valence-corrected chi connectivity index (χ3v) is 4.26. The second kappa shape index (κ2) is 5.57. The van der Waals surface area contributed by atoms with Gasteiger partial charge >= 0.3 is 6.18 Å². The van der Waals surface area contributed by atoms with Crippen molar-refractivity contribution in [3.63, 3.8) is 0 Å². The Kier molecular flexibility index (Phi) is 3.88. The molecule has 3 rings (SSSR count). The van der Waals surface area contributed by atoms with Crippen LogP contribution in [0.1, 0.15) is 50.1 Å². The molecule has 1 heterocycles. The third-order valence-electron chi connectivity index (χ3n) is 4.26. The van der Waals surface area contributed by atoms with Crippen LogP contribution in [0.25, 0.3) is 0 Å². The first kappa shape index (κ1) is 15.3. The highest BCUT2D eigenvalue weighted by Crippen LogP contribution is 2.35. The lowest BCUT2D eigenvalue weighted by Crippen LogP contribution is -2.35. The molecule has 0 aliphatic heterocycles. The van der Waals surface area contributed by atoms with Gasteiger partial charge in [-0.15, -0.1) is 0 Å². The lowest BCUT2D eigenvalue weighted by Gasteiger charge is -2.27. The molecule has 1 aromatic heterocycles. The summed E-state index contributed by atoms with van der Waals surface area (Å²) in [6, 6.07) is 0.848. The summed E-state index contributed by atoms with van der Waals surface area (Å²) in [4.78, 5) is 11.9. The highest BCUT2D eigenvalue weighted by atomic mass is 19.4. The summed E-state index contributed by atoms with van der Waals surface area (Å²) in [5.74, 6) is 0.124. The summed E-state index contributed by atoms with van der Waals surface area (Å²) in [5.41, 5.74) is 3.63. The molecule has 0 amide bonds. The Morgan fingerprint density at radius 2 is 1.82 bits per heavy atom. The monoisotopic (exact) mass is 316 g/mol. The molecule has 1 aromatic rings. The molecule has 2 saturated carbocycles. The van der Waals surface area contributed by atoms with Crippen molar-refractivity contribution >= 4 is 5.82 Å². The van der Waals surface area contributed by atoms with Gasteiger partial charge < -0.3 is 11.1 Å². The van der Waals surface area contributed by atoms with E-state index in [-0.39, 0.29) is 23.9 Å². The molecule has 122 valence electrons. The van der Waals surface area contributed by atoms with Gasteiger partial charge in [0.2, 0.25) is 0 Å². The number of hydrogen-bond donors (Lipinski definition) is 2. The van der Waals surface area contributed by atoms with Gasteiger partial charge in [-0.1, -0.05) is 0 Å². The first-order valence-electron chi connectivity index (χ1n) is 7.58. The number of nitrogens with two attached hydrogens (primary N) is 1. The van der Waals surface area contributed by atoms with Gasteiger partial charge in [0.15, 0.2) is 0 Å². The molecular weight excluding hydrogens is 297 g/mol. The number of halogens is 3. The quantitative estimate of drug-likeness (QED) is 0.897. The highest BCUT2D eigenvalue weighted by Gasteiger charge is 2.38. The lowest BCUT2D eigenvalue weighted by molar-refractivity contribution is -0.139. The predicted octanol–water partition coefficient (Wildman–Crippen LogP) is 2.28. The number of nitrogens with one attached hydrogen (secondary N) is 1. The molecule has 0 radical (unpaired) electrons. The Balaban J connectivity index is 1.87. The van der Waals surface area contributed by atoms with Gasteiger partial charge in [0.05, 0.1) is 6.04 Å². The molecule has 0 spiro atoms. The molecule has 0 bridgehead atoms. The molecule has 2 aliphatic rings.